The largest absolute Gasteiger partial charge is 0.618 e. The van der Waals surface area contributed by atoms with Gasteiger partial charge in [0.1, 0.15) is 0 Å². The molecule has 178 valence electrons. The molecule has 0 saturated carbocycles. The highest BCUT2D eigenvalue weighted by molar-refractivity contribution is 7.92. The number of pyridine rings is 1. The van der Waals surface area contributed by atoms with Crippen molar-refractivity contribution in [3.63, 3.8) is 0 Å². The maximum absolute atomic E-state index is 13.2. The SMILES string of the molecule is CC.CC.Cc1ccc(S(=O)(=O)Nc2cc(C)c(C)cc2C(=O)c2c(C)ccc[n+]2[O-])cc1. The van der Waals surface area contributed by atoms with Gasteiger partial charge in [0.15, 0.2) is 6.20 Å². The van der Waals surface area contributed by atoms with Crippen molar-refractivity contribution in [2.45, 2.75) is 60.3 Å². The van der Waals surface area contributed by atoms with Crippen molar-refractivity contribution < 1.29 is 17.9 Å². The van der Waals surface area contributed by atoms with E-state index in [2.05, 4.69) is 4.72 Å². The summed E-state index contributed by atoms with van der Waals surface area (Å²) in [5.74, 6) is -0.539. The predicted octanol–water partition coefficient (Wildman–Crippen LogP) is 5.64. The molecule has 1 aromatic heterocycles. The van der Waals surface area contributed by atoms with Crippen molar-refractivity contribution in [2.24, 2.45) is 0 Å². The van der Waals surface area contributed by atoms with Gasteiger partial charge in [0.25, 0.3) is 21.5 Å². The van der Waals surface area contributed by atoms with E-state index >= 15 is 0 Å². The second-order valence-electron chi connectivity index (χ2n) is 7.10. The van der Waals surface area contributed by atoms with Crippen molar-refractivity contribution in [1.82, 2.24) is 0 Å². The van der Waals surface area contributed by atoms with Gasteiger partial charge in [-0.15, -0.1) is 0 Å². The maximum Gasteiger partial charge on any atom is 0.267 e. The third-order valence-electron chi connectivity index (χ3n) is 4.83. The van der Waals surface area contributed by atoms with Gasteiger partial charge in [-0.05, 0) is 69.2 Å². The quantitative estimate of drug-likeness (QED) is 0.297. The fourth-order valence-corrected chi connectivity index (χ4v) is 4.08. The fourth-order valence-electron chi connectivity index (χ4n) is 3.01. The molecule has 1 N–H and O–H groups in total. The second-order valence-corrected chi connectivity index (χ2v) is 8.78. The van der Waals surface area contributed by atoms with Crippen LogP contribution in [0.25, 0.3) is 0 Å². The summed E-state index contributed by atoms with van der Waals surface area (Å²) in [4.78, 5) is 13.3. The zero-order valence-corrected chi connectivity index (χ0v) is 21.5. The third kappa shape index (κ3) is 6.65. The first-order valence-electron chi connectivity index (χ1n) is 11.0. The van der Waals surface area contributed by atoms with Crippen LogP contribution >= 0.6 is 0 Å². The van der Waals surface area contributed by atoms with E-state index in [1.54, 1.807) is 43.3 Å². The number of nitrogens with one attached hydrogen (secondary N) is 1. The van der Waals surface area contributed by atoms with Gasteiger partial charge in [-0.1, -0.05) is 45.4 Å². The minimum absolute atomic E-state index is 0.0356. The van der Waals surface area contributed by atoms with E-state index in [1.165, 1.54) is 18.3 Å². The number of carbonyl (C=O) groups is 1. The molecule has 0 unspecified atom stereocenters. The minimum atomic E-state index is -3.91. The Kier molecular flexibility index (Phi) is 10.3. The van der Waals surface area contributed by atoms with Crippen LogP contribution in [0.3, 0.4) is 0 Å². The minimum Gasteiger partial charge on any atom is -0.618 e. The van der Waals surface area contributed by atoms with E-state index in [0.717, 1.165) is 16.7 Å². The molecule has 0 aliphatic heterocycles. The molecule has 0 amide bonds. The van der Waals surface area contributed by atoms with Crippen LogP contribution in [-0.4, -0.2) is 14.2 Å². The molecule has 0 atom stereocenters. The molecule has 0 aliphatic carbocycles. The second kappa shape index (κ2) is 12.2. The van der Waals surface area contributed by atoms with E-state index in [9.17, 15) is 18.4 Å². The molecule has 0 spiro atoms. The van der Waals surface area contributed by atoms with Crippen molar-refractivity contribution in [1.29, 1.82) is 0 Å². The van der Waals surface area contributed by atoms with Crippen molar-refractivity contribution in [3.8, 4) is 0 Å². The molecule has 7 heteroatoms. The van der Waals surface area contributed by atoms with Crippen molar-refractivity contribution in [3.05, 3.63) is 93.4 Å². The maximum atomic E-state index is 13.2. The first kappa shape index (κ1) is 27.8. The van der Waals surface area contributed by atoms with E-state index < -0.39 is 15.8 Å². The number of hydrogen-bond acceptors (Lipinski definition) is 4. The number of ketones is 1. The molecule has 2 aromatic carbocycles. The van der Waals surface area contributed by atoms with Crippen LogP contribution in [0.5, 0.6) is 0 Å². The Bertz CT molecular complexity index is 1180. The van der Waals surface area contributed by atoms with Gasteiger partial charge in [-0.3, -0.25) is 9.52 Å². The molecule has 3 rings (SSSR count). The Morgan fingerprint density at radius 2 is 1.39 bits per heavy atom. The summed E-state index contributed by atoms with van der Waals surface area (Å²) in [5.41, 5.74) is 3.32. The Hall–Kier alpha value is -3.19. The van der Waals surface area contributed by atoms with Gasteiger partial charge in [-0.25, -0.2) is 8.42 Å². The highest BCUT2D eigenvalue weighted by atomic mass is 32.2. The molecular weight excluding hydrogens is 436 g/mol. The van der Waals surface area contributed by atoms with E-state index in [-0.39, 0.29) is 21.8 Å². The van der Waals surface area contributed by atoms with Crippen molar-refractivity contribution >= 4 is 21.5 Å². The first-order chi connectivity index (χ1) is 15.6. The standard InChI is InChI=1S/C22H22N2O4S.2C2H6/c1-14-7-9-18(10-8-14)29(27,28)23-20-13-17(4)16(3)12-19(20)22(25)21-15(2)6-5-11-24(21)26;2*1-2/h5-13,23H,1-4H3;2*1-2H3. The molecule has 0 saturated heterocycles. The summed E-state index contributed by atoms with van der Waals surface area (Å²) in [7, 11) is -3.91. The number of nitrogens with zero attached hydrogens (tertiary/aromatic N) is 1. The summed E-state index contributed by atoms with van der Waals surface area (Å²) < 4.78 is 28.8. The lowest BCUT2D eigenvalue weighted by Crippen LogP contribution is -2.35. The number of hydrogen-bond donors (Lipinski definition) is 1. The van der Waals surface area contributed by atoms with Crippen LogP contribution in [-0.2, 0) is 10.0 Å². The molecule has 33 heavy (non-hydrogen) atoms. The van der Waals surface area contributed by atoms with Crippen LogP contribution < -0.4 is 9.45 Å². The lowest BCUT2D eigenvalue weighted by molar-refractivity contribution is -0.607. The summed E-state index contributed by atoms with van der Waals surface area (Å²) >= 11 is 0. The van der Waals surface area contributed by atoms with Gasteiger partial charge in [0.05, 0.1) is 16.1 Å². The number of aromatic nitrogens is 1. The topological polar surface area (TPSA) is 90.2 Å². The number of carbonyl (C=O) groups excluding carboxylic acids is 1. The Morgan fingerprint density at radius 1 is 0.848 bits per heavy atom. The highest BCUT2D eigenvalue weighted by Crippen LogP contribution is 2.26. The Labute approximate surface area is 197 Å². The molecule has 0 aliphatic rings. The average molecular weight is 471 g/mol. The Balaban J connectivity index is 0.00000129. The summed E-state index contributed by atoms with van der Waals surface area (Å²) in [5, 5.41) is 12.2. The molecule has 1 heterocycles. The average Bonchev–Trinajstić information content (AvgIpc) is 2.78. The zero-order valence-electron chi connectivity index (χ0n) is 20.7. The molecule has 0 bridgehead atoms. The van der Waals surface area contributed by atoms with Gasteiger partial charge in [0, 0.05) is 11.6 Å². The zero-order chi connectivity index (χ0) is 25.3. The normalized spacial score (nSPS) is 10.3. The predicted molar refractivity (Wildman–Crippen MR) is 134 cm³/mol. The number of rotatable bonds is 5. The van der Waals surface area contributed by atoms with Gasteiger partial charge >= 0.3 is 0 Å². The number of sulfonamides is 1. The van der Waals surface area contributed by atoms with E-state index in [1.807, 2.05) is 48.5 Å². The van der Waals surface area contributed by atoms with Crippen LogP contribution in [0.4, 0.5) is 5.69 Å². The first-order valence-corrected chi connectivity index (χ1v) is 12.5. The van der Waals surface area contributed by atoms with Gasteiger partial charge in [0.2, 0.25) is 0 Å². The van der Waals surface area contributed by atoms with E-state index in [0.29, 0.717) is 10.3 Å². The van der Waals surface area contributed by atoms with Crippen LogP contribution in [0.15, 0.2) is 59.6 Å². The fraction of sp³-hybridized carbons (Fsp3) is 0.308. The van der Waals surface area contributed by atoms with E-state index in [4.69, 9.17) is 0 Å². The van der Waals surface area contributed by atoms with Crippen LogP contribution in [0, 0.1) is 32.9 Å². The number of benzene rings is 2. The van der Waals surface area contributed by atoms with Crippen LogP contribution in [0.2, 0.25) is 0 Å². The lowest BCUT2D eigenvalue weighted by Gasteiger charge is -2.15. The summed E-state index contributed by atoms with van der Waals surface area (Å²) in [6.07, 6.45) is 1.25. The molecule has 0 fully saturated rings. The third-order valence-corrected chi connectivity index (χ3v) is 6.21. The summed E-state index contributed by atoms with van der Waals surface area (Å²) in [6, 6.07) is 12.9. The summed E-state index contributed by atoms with van der Waals surface area (Å²) in [6.45, 7) is 15.2. The van der Waals surface area contributed by atoms with Gasteiger partial charge < -0.3 is 5.21 Å². The van der Waals surface area contributed by atoms with Gasteiger partial charge in [-0.2, -0.15) is 4.73 Å². The number of anilines is 1. The van der Waals surface area contributed by atoms with Crippen molar-refractivity contribution in [2.75, 3.05) is 4.72 Å². The highest BCUT2D eigenvalue weighted by Gasteiger charge is 2.26. The van der Waals surface area contributed by atoms with Crippen LogP contribution in [0.1, 0.15) is 66.0 Å². The smallest absolute Gasteiger partial charge is 0.267 e. The lowest BCUT2D eigenvalue weighted by atomic mass is 9.98. The molecular formula is C26H34N2O4S. The monoisotopic (exact) mass is 470 g/mol. The number of aryl methyl sites for hydroxylation is 4. The molecule has 0 radical (unpaired) electrons. The molecule has 3 aromatic rings. The molecule has 6 nitrogen and oxygen atoms in total. The Morgan fingerprint density at radius 3 is 1.94 bits per heavy atom.